The summed E-state index contributed by atoms with van der Waals surface area (Å²) in [4.78, 5) is 7.43. The molecule has 0 spiro atoms. The van der Waals surface area contributed by atoms with Crippen molar-refractivity contribution in [1.29, 1.82) is 5.26 Å². The zero-order valence-electron chi connectivity index (χ0n) is 11.2. The molecular formula is C17H15N3. The number of nitrogens with zero attached hydrogens (tertiary/aromatic N) is 2. The summed E-state index contributed by atoms with van der Waals surface area (Å²) in [6.07, 6.45) is 7.99. The van der Waals surface area contributed by atoms with E-state index in [0.717, 1.165) is 16.6 Å². The number of aromatic nitrogens is 2. The van der Waals surface area contributed by atoms with Gasteiger partial charge in [0.15, 0.2) is 0 Å². The van der Waals surface area contributed by atoms with E-state index in [4.69, 9.17) is 5.26 Å². The van der Waals surface area contributed by atoms with Gasteiger partial charge < -0.3 is 4.98 Å². The molecule has 0 aliphatic rings. The molecule has 0 saturated heterocycles. The molecule has 3 rings (SSSR count). The van der Waals surface area contributed by atoms with Crippen LogP contribution in [0.2, 0.25) is 0 Å². The minimum absolute atomic E-state index is 0.931. The van der Waals surface area contributed by atoms with Gasteiger partial charge >= 0.3 is 0 Å². The maximum atomic E-state index is 7.32. The molecule has 0 bridgehead atoms. The molecule has 2 aromatic heterocycles. The van der Waals surface area contributed by atoms with Crippen LogP contribution in [0.25, 0.3) is 23.2 Å². The number of hydrogen-bond acceptors (Lipinski definition) is 2. The molecule has 0 fully saturated rings. The van der Waals surface area contributed by atoms with Crippen LogP contribution in [0.4, 0.5) is 0 Å². The van der Waals surface area contributed by atoms with E-state index in [9.17, 15) is 0 Å². The monoisotopic (exact) mass is 261 g/mol. The lowest BCUT2D eigenvalue weighted by Gasteiger charge is -1.92. The summed E-state index contributed by atoms with van der Waals surface area (Å²) in [6.45, 7) is 1.43. The lowest BCUT2D eigenvalue weighted by Crippen LogP contribution is -1.73. The number of nitriles is 1. The van der Waals surface area contributed by atoms with Crippen LogP contribution >= 0.6 is 0 Å². The first-order valence-corrected chi connectivity index (χ1v) is 6.31. The number of fused-ring (bicyclic) bond motifs is 1. The molecule has 0 atom stereocenters. The molecule has 1 N–H and O–H groups in total. The van der Waals surface area contributed by atoms with E-state index in [1.807, 2.05) is 30.5 Å². The highest BCUT2D eigenvalue weighted by Gasteiger charge is 1.99. The van der Waals surface area contributed by atoms with Gasteiger partial charge in [0.1, 0.15) is 5.65 Å². The first-order chi connectivity index (χ1) is 9.85. The third-order valence-electron chi connectivity index (χ3n) is 2.74. The molecule has 3 heteroatoms. The van der Waals surface area contributed by atoms with Gasteiger partial charge in [-0.25, -0.2) is 4.98 Å². The molecule has 0 aliphatic heterocycles. The van der Waals surface area contributed by atoms with Crippen LogP contribution < -0.4 is 0 Å². The van der Waals surface area contributed by atoms with Crippen molar-refractivity contribution >= 4 is 23.2 Å². The average Bonchev–Trinajstić information content (AvgIpc) is 2.90. The van der Waals surface area contributed by atoms with Crippen molar-refractivity contribution < 1.29 is 0 Å². The Morgan fingerprint density at radius 3 is 2.60 bits per heavy atom. The molecule has 1 aromatic carbocycles. The number of aromatic amines is 1. The summed E-state index contributed by atoms with van der Waals surface area (Å²) < 4.78 is 0. The minimum Gasteiger partial charge on any atom is -0.346 e. The topological polar surface area (TPSA) is 52.5 Å². The van der Waals surface area contributed by atoms with Crippen LogP contribution in [-0.4, -0.2) is 9.97 Å². The third kappa shape index (κ3) is 3.33. The first-order valence-electron chi connectivity index (χ1n) is 6.31. The summed E-state index contributed by atoms with van der Waals surface area (Å²) in [7, 11) is 0. The van der Waals surface area contributed by atoms with E-state index in [-0.39, 0.29) is 0 Å². The zero-order valence-corrected chi connectivity index (χ0v) is 11.2. The second-order valence-electron chi connectivity index (χ2n) is 4.11. The predicted octanol–water partition coefficient (Wildman–Crippen LogP) is 4.26. The first kappa shape index (κ1) is 13.6. The van der Waals surface area contributed by atoms with Gasteiger partial charge in [0, 0.05) is 30.3 Å². The van der Waals surface area contributed by atoms with Crippen molar-refractivity contribution in [1.82, 2.24) is 9.97 Å². The van der Waals surface area contributed by atoms with Gasteiger partial charge in [0.05, 0.1) is 6.07 Å². The van der Waals surface area contributed by atoms with Crippen molar-refractivity contribution in [2.45, 2.75) is 6.92 Å². The van der Waals surface area contributed by atoms with Gasteiger partial charge in [-0.15, -0.1) is 0 Å². The zero-order chi connectivity index (χ0) is 14.2. The highest BCUT2D eigenvalue weighted by atomic mass is 14.8. The summed E-state index contributed by atoms with van der Waals surface area (Å²) in [5, 5.41) is 8.47. The Morgan fingerprint density at radius 2 is 1.85 bits per heavy atom. The van der Waals surface area contributed by atoms with Gasteiger partial charge in [-0.3, -0.25) is 0 Å². The predicted molar refractivity (Wildman–Crippen MR) is 82.8 cm³/mol. The lowest BCUT2D eigenvalue weighted by molar-refractivity contribution is 1.33. The largest absolute Gasteiger partial charge is 0.346 e. The summed E-state index contributed by atoms with van der Waals surface area (Å²) in [5.74, 6) is 0. The Balaban J connectivity index is 0.000000452. The maximum absolute atomic E-state index is 7.32. The Morgan fingerprint density at radius 1 is 1.10 bits per heavy atom. The number of benzene rings is 1. The van der Waals surface area contributed by atoms with E-state index in [1.165, 1.54) is 12.5 Å². The van der Waals surface area contributed by atoms with E-state index in [0.29, 0.717) is 0 Å². The molecule has 20 heavy (non-hydrogen) atoms. The van der Waals surface area contributed by atoms with Crippen LogP contribution in [-0.2, 0) is 0 Å². The highest BCUT2D eigenvalue weighted by molar-refractivity contribution is 5.89. The number of H-pyrrole nitrogens is 1. The van der Waals surface area contributed by atoms with Crippen molar-refractivity contribution in [2.24, 2.45) is 0 Å². The van der Waals surface area contributed by atoms with Crippen LogP contribution in [0.15, 0.2) is 54.9 Å². The molecule has 0 aliphatic carbocycles. The van der Waals surface area contributed by atoms with E-state index < -0.39 is 0 Å². The van der Waals surface area contributed by atoms with Crippen LogP contribution in [0.3, 0.4) is 0 Å². The fourth-order valence-electron chi connectivity index (χ4n) is 1.87. The average molecular weight is 261 g/mol. The molecule has 3 aromatic rings. The number of pyridine rings is 1. The Hall–Kier alpha value is -2.86. The van der Waals surface area contributed by atoms with Gasteiger partial charge in [-0.2, -0.15) is 5.26 Å². The van der Waals surface area contributed by atoms with Crippen LogP contribution in [0.1, 0.15) is 18.1 Å². The number of hydrogen-bond donors (Lipinski definition) is 1. The second-order valence-corrected chi connectivity index (χ2v) is 4.11. The van der Waals surface area contributed by atoms with Crippen LogP contribution in [0, 0.1) is 11.3 Å². The molecule has 0 radical (unpaired) electrons. The molecule has 0 amide bonds. The van der Waals surface area contributed by atoms with E-state index in [2.05, 4.69) is 40.3 Å². The van der Waals surface area contributed by atoms with Crippen molar-refractivity contribution in [2.75, 3.05) is 0 Å². The fraction of sp³-hybridized carbons (Fsp3) is 0.0588. The van der Waals surface area contributed by atoms with Gasteiger partial charge in [0.2, 0.25) is 0 Å². The van der Waals surface area contributed by atoms with Crippen molar-refractivity contribution in [3.05, 3.63) is 66.0 Å². The second kappa shape index (κ2) is 6.91. The number of rotatable bonds is 2. The van der Waals surface area contributed by atoms with Crippen molar-refractivity contribution in [3.63, 3.8) is 0 Å². The van der Waals surface area contributed by atoms with Gasteiger partial charge in [-0.05, 0) is 17.7 Å². The normalized spacial score (nSPS) is 10.0. The Bertz CT molecular complexity index is 734. The quantitative estimate of drug-likeness (QED) is 0.749. The van der Waals surface area contributed by atoms with Gasteiger partial charge in [0.25, 0.3) is 0 Å². The summed E-state index contributed by atoms with van der Waals surface area (Å²) in [5.41, 5.74) is 3.29. The Labute approximate surface area is 118 Å². The highest BCUT2D eigenvalue weighted by Crippen LogP contribution is 2.18. The lowest BCUT2D eigenvalue weighted by atomic mass is 10.1. The fourth-order valence-corrected chi connectivity index (χ4v) is 1.87. The van der Waals surface area contributed by atoms with Crippen LogP contribution in [0.5, 0.6) is 0 Å². The smallest absolute Gasteiger partial charge is 0.137 e. The van der Waals surface area contributed by atoms with E-state index >= 15 is 0 Å². The minimum atomic E-state index is 0.931. The molecule has 3 nitrogen and oxygen atoms in total. The molecule has 98 valence electrons. The summed E-state index contributed by atoms with van der Waals surface area (Å²) in [6, 6.07) is 16.0. The molecular weight excluding hydrogens is 246 g/mol. The number of nitrogens with one attached hydrogen (secondary N) is 1. The van der Waals surface area contributed by atoms with E-state index in [1.54, 1.807) is 12.3 Å². The van der Waals surface area contributed by atoms with Gasteiger partial charge in [-0.1, -0.05) is 42.5 Å². The molecule has 2 heterocycles. The molecule has 0 unspecified atom stereocenters. The Kier molecular flexibility index (Phi) is 4.69. The maximum Gasteiger partial charge on any atom is 0.137 e. The summed E-state index contributed by atoms with van der Waals surface area (Å²) >= 11 is 0. The molecule has 0 saturated carbocycles. The third-order valence-corrected chi connectivity index (χ3v) is 2.74. The SMILES string of the molecule is C(=C\c1c[nH]c2ncccc12)/c1ccccc1.CC#N. The van der Waals surface area contributed by atoms with Crippen molar-refractivity contribution in [3.8, 4) is 6.07 Å². The standard InChI is InChI=1S/C15H12N2.C2H3N/c1-2-5-12(6-3-1)8-9-13-11-17-15-14(13)7-4-10-16-15;1-2-3/h1-11H,(H,16,17);1H3/b9-8+;.